The molecule has 0 aliphatic carbocycles. The molecule has 20 heavy (non-hydrogen) atoms. The summed E-state index contributed by atoms with van der Waals surface area (Å²) in [5.74, 6) is -0.0604. The van der Waals surface area contributed by atoms with Gasteiger partial charge >= 0.3 is 0 Å². The van der Waals surface area contributed by atoms with E-state index in [1.807, 2.05) is 54.4 Å². The number of aliphatic hydroxyl groups excluding tert-OH is 1. The van der Waals surface area contributed by atoms with E-state index in [2.05, 4.69) is 5.32 Å². The number of nitrogens with one attached hydrogen (secondary N) is 1. The van der Waals surface area contributed by atoms with Gasteiger partial charge in [-0.2, -0.15) is 0 Å². The summed E-state index contributed by atoms with van der Waals surface area (Å²) in [7, 11) is 0. The molecule has 1 amide bonds. The highest BCUT2D eigenvalue weighted by Crippen LogP contribution is 2.22. The minimum absolute atomic E-state index is 0.0604. The van der Waals surface area contributed by atoms with E-state index in [1.54, 1.807) is 0 Å². The van der Waals surface area contributed by atoms with Crippen LogP contribution in [0, 0.1) is 5.41 Å². The number of aliphatic hydroxyl groups is 1. The SMILES string of the molecule is CC(C)(CCO)CNC(=O)c1sccc1-n1cccc1. The van der Waals surface area contributed by atoms with Gasteiger partial charge in [0.1, 0.15) is 4.88 Å². The van der Waals surface area contributed by atoms with Crippen molar-refractivity contribution in [1.82, 2.24) is 9.88 Å². The van der Waals surface area contributed by atoms with Crippen molar-refractivity contribution >= 4 is 17.2 Å². The van der Waals surface area contributed by atoms with Crippen LogP contribution in [0.3, 0.4) is 0 Å². The van der Waals surface area contributed by atoms with Crippen LogP contribution in [0.1, 0.15) is 29.9 Å². The molecule has 2 heterocycles. The number of amides is 1. The van der Waals surface area contributed by atoms with Crippen LogP contribution >= 0.6 is 11.3 Å². The summed E-state index contributed by atoms with van der Waals surface area (Å²) in [4.78, 5) is 13.0. The molecule has 2 N–H and O–H groups in total. The summed E-state index contributed by atoms with van der Waals surface area (Å²) in [6.45, 7) is 4.75. The van der Waals surface area contributed by atoms with Crippen molar-refractivity contribution in [2.75, 3.05) is 13.2 Å². The highest BCUT2D eigenvalue weighted by molar-refractivity contribution is 7.12. The topological polar surface area (TPSA) is 54.3 Å². The maximum atomic E-state index is 12.3. The normalized spacial score (nSPS) is 11.6. The summed E-state index contributed by atoms with van der Waals surface area (Å²) in [6, 6.07) is 5.81. The Balaban J connectivity index is 2.06. The van der Waals surface area contributed by atoms with E-state index >= 15 is 0 Å². The number of thiophene rings is 1. The molecule has 0 aliphatic heterocycles. The third kappa shape index (κ3) is 3.49. The molecule has 2 aromatic rings. The van der Waals surface area contributed by atoms with Crippen LogP contribution < -0.4 is 5.32 Å². The van der Waals surface area contributed by atoms with Crippen molar-refractivity contribution in [1.29, 1.82) is 0 Å². The second-order valence-corrected chi connectivity index (χ2v) is 6.46. The summed E-state index contributed by atoms with van der Waals surface area (Å²) in [5.41, 5.74) is 0.799. The Morgan fingerprint density at radius 2 is 2.10 bits per heavy atom. The zero-order chi connectivity index (χ0) is 14.6. The van der Waals surface area contributed by atoms with Crippen molar-refractivity contribution in [3.63, 3.8) is 0 Å². The zero-order valence-electron chi connectivity index (χ0n) is 11.8. The summed E-state index contributed by atoms with van der Waals surface area (Å²) < 4.78 is 1.93. The Labute approximate surface area is 123 Å². The van der Waals surface area contributed by atoms with E-state index in [-0.39, 0.29) is 17.9 Å². The van der Waals surface area contributed by atoms with Crippen molar-refractivity contribution in [2.45, 2.75) is 20.3 Å². The first kappa shape index (κ1) is 14.8. The minimum Gasteiger partial charge on any atom is -0.396 e. The second kappa shape index (κ2) is 6.24. The number of carbonyl (C=O) groups is 1. The number of hydrogen-bond acceptors (Lipinski definition) is 3. The van der Waals surface area contributed by atoms with Crippen molar-refractivity contribution in [3.8, 4) is 5.69 Å². The zero-order valence-corrected chi connectivity index (χ0v) is 12.6. The van der Waals surface area contributed by atoms with Crippen LogP contribution in [-0.4, -0.2) is 28.7 Å². The molecule has 0 spiro atoms. The molecule has 0 aromatic carbocycles. The van der Waals surface area contributed by atoms with E-state index in [9.17, 15) is 4.79 Å². The molecule has 2 aromatic heterocycles. The van der Waals surface area contributed by atoms with Gasteiger partial charge in [0.05, 0.1) is 5.69 Å². The van der Waals surface area contributed by atoms with Gasteiger partial charge in [0.2, 0.25) is 0 Å². The van der Waals surface area contributed by atoms with Gasteiger partial charge in [-0.1, -0.05) is 13.8 Å². The molecule has 0 fully saturated rings. The Bertz CT molecular complexity index is 558. The molecule has 5 heteroatoms. The van der Waals surface area contributed by atoms with Gasteiger partial charge in [-0.05, 0) is 35.4 Å². The lowest BCUT2D eigenvalue weighted by Crippen LogP contribution is -2.34. The van der Waals surface area contributed by atoms with E-state index in [0.717, 1.165) is 5.69 Å². The predicted octanol–water partition coefficient (Wildman–Crippen LogP) is 2.68. The lowest BCUT2D eigenvalue weighted by molar-refractivity contribution is 0.0932. The van der Waals surface area contributed by atoms with E-state index in [4.69, 9.17) is 5.11 Å². The molecule has 0 saturated carbocycles. The maximum absolute atomic E-state index is 12.3. The van der Waals surface area contributed by atoms with Crippen LogP contribution in [-0.2, 0) is 0 Å². The monoisotopic (exact) mass is 292 g/mol. The molecular weight excluding hydrogens is 272 g/mol. The largest absolute Gasteiger partial charge is 0.396 e. The van der Waals surface area contributed by atoms with Crippen molar-refractivity contribution in [3.05, 3.63) is 40.8 Å². The Morgan fingerprint density at radius 1 is 1.40 bits per heavy atom. The van der Waals surface area contributed by atoms with Gasteiger partial charge in [-0.3, -0.25) is 4.79 Å². The van der Waals surface area contributed by atoms with Gasteiger partial charge in [0.15, 0.2) is 0 Å². The van der Waals surface area contributed by atoms with Crippen LogP contribution in [0.15, 0.2) is 36.0 Å². The molecular formula is C15H20N2O2S. The Morgan fingerprint density at radius 3 is 2.75 bits per heavy atom. The fourth-order valence-electron chi connectivity index (χ4n) is 1.96. The molecule has 0 saturated heterocycles. The van der Waals surface area contributed by atoms with Gasteiger partial charge in [-0.25, -0.2) is 0 Å². The first-order chi connectivity index (χ1) is 9.53. The van der Waals surface area contributed by atoms with Crippen molar-refractivity contribution < 1.29 is 9.90 Å². The number of rotatable bonds is 6. The van der Waals surface area contributed by atoms with Gasteiger partial charge < -0.3 is 15.0 Å². The molecule has 2 rings (SSSR count). The third-order valence-corrected chi connectivity index (χ3v) is 4.15. The second-order valence-electron chi connectivity index (χ2n) is 5.55. The predicted molar refractivity (Wildman–Crippen MR) is 81.5 cm³/mol. The highest BCUT2D eigenvalue weighted by Gasteiger charge is 2.20. The fourth-order valence-corrected chi connectivity index (χ4v) is 2.77. The van der Waals surface area contributed by atoms with Crippen LogP contribution in [0.25, 0.3) is 5.69 Å². The first-order valence-corrected chi connectivity index (χ1v) is 7.51. The van der Waals surface area contributed by atoms with Gasteiger partial charge in [0, 0.05) is 25.5 Å². The van der Waals surface area contributed by atoms with Crippen LogP contribution in [0.5, 0.6) is 0 Å². The lowest BCUT2D eigenvalue weighted by Gasteiger charge is -2.23. The summed E-state index contributed by atoms with van der Waals surface area (Å²) in [5, 5.41) is 13.9. The summed E-state index contributed by atoms with van der Waals surface area (Å²) in [6.07, 6.45) is 4.52. The Hall–Kier alpha value is -1.59. The van der Waals surface area contributed by atoms with Crippen molar-refractivity contribution in [2.24, 2.45) is 5.41 Å². The van der Waals surface area contributed by atoms with Crippen LogP contribution in [0.2, 0.25) is 0 Å². The average molecular weight is 292 g/mol. The molecule has 0 radical (unpaired) electrons. The standard InChI is InChI=1S/C15H20N2O2S/c1-15(2,6-9-18)11-16-14(19)13-12(5-10-20-13)17-7-3-4-8-17/h3-5,7-8,10,18H,6,9,11H2,1-2H3,(H,16,19). The average Bonchev–Trinajstić information content (AvgIpc) is 3.05. The number of carbonyl (C=O) groups excluding carboxylic acids is 1. The molecule has 108 valence electrons. The van der Waals surface area contributed by atoms with E-state index in [1.165, 1.54) is 11.3 Å². The molecule has 0 atom stereocenters. The fraction of sp³-hybridized carbons (Fsp3) is 0.400. The lowest BCUT2D eigenvalue weighted by atomic mass is 9.90. The van der Waals surface area contributed by atoms with Gasteiger partial charge in [-0.15, -0.1) is 11.3 Å². The van der Waals surface area contributed by atoms with E-state index < -0.39 is 0 Å². The Kier molecular flexibility index (Phi) is 4.62. The molecule has 0 bridgehead atoms. The smallest absolute Gasteiger partial charge is 0.263 e. The first-order valence-electron chi connectivity index (χ1n) is 6.63. The van der Waals surface area contributed by atoms with Crippen LogP contribution in [0.4, 0.5) is 0 Å². The van der Waals surface area contributed by atoms with Gasteiger partial charge in [0.25, 0.3) is 5.91 Å². The molecule has 4 nitrogen and oxygen atoms in total. The molecule has 0 unspecified atom stereocenters. The molecule has 0 aliphatic rings. The maximum Gasteiger partial charge on any atom is 0.263 e. The number of nitrogens with zero attached hydrogens (tertiary/aromatic N) is 1. The number of hydrogen-bond donors (Lipinski definition) is 2. The quantitative estimate of drug-likeness (QED) is 0.860. The minimum atomic E-state index is -0.102. The highest BCUT2D eigenvalue weighted by atomic mass is 32.1. The third-order valence-electron chi connectivity index (χ3n) is 3.25. The van der Waals surface area contributed by atoms with E-state index in [0.29, 0.717) is 17.8 Å². The summed E-state index contributed by atoms with van der Waals surface area (Å²) >= 11 is 1.44. The number of aromatic nitrogens is 1.